The molecule has 0 aliphatic carbocycles. The topological polar surface area (TPSA) is 61.4 Å². The average Bonchev–Trinajstić information content (AvgIpc) is 2.26. The second-order valence-corrected chi connectivity index (χ2v) is 7.26. The smallest absolute Gasteiger partial charge is 0.242 e. The Labute approximate surface area is 122 Å². The van der Waals surface area contributed by atoms with Gasteiger partial charge < -0.3 is 10.2 Å². The van der Waals surface area contributed by atoms with E-state index in [-0.39, 0.29) is 12.1 Å². The van der Waals surface area contributed by atoms with E-state index >= 15 is 0 Å². The van der Waals surface area contributed by atoms with Crippen LogP contribution in [0.2, 0.25) is 0 Å². The summed E-state index contributed by atoms with van der Waals surface area (Å²) in [7, 11) is 0.484. The zero-order chi connectivity index (χ0) is 15.3. The highest BCUT2D eigenvalue weighted by molar-refractivity contribution is 7.89. The number of nitrogens with one attached hydrogen (secondary N) is 2. The molecule has 2 N–H and O–H groups in total. The van der Waals surface area contributed by atoms with Crippen LogP contribution in [0.1, 0.15) is 20.8 Å². The van der Waals surface area contributed by atoms with Crippen LogP contribution in [-0.4, -0.2) is 46.0 Å². The second kappa shape index (κ2) is 7.06. The molecule has 0 aliphatic rings. The van der Waals surface area contributed by atoms with Gasteiger partial charge in [-0.3, -0.25) is 0 Å². The van der Waals surface area contributed by atoms with Crippen LogP contribution in [0.25, 0.3) is 0 Å². The Morgan fingerprint density at radius 2 is 1.75 bits per heavy atom. The fourth-order valence-electron chi connectivity index (χ4n) is 2.05. The number of benzene rings is 1. The molecule has 1 aromatic rings. The molecule has 0 aliphatic heterocycles. The first-order valence-corrected chi connectivity index (χ1v) is 8.23. The first-order chi connectivity index (χ1) is 9.22. The summed E-state index contributed by atoms with van der Waals surface area (Å²) in [4.78, 5) is 2.35. The third-order valence-electron chi connectivity index (χ3n) is 2.61. The minimum atomic E-state index is -3.49. The number of rotatable bonds is 7. The molecule has 20 heavy (non-hydrogen) atoms. The number of anilines is 1. The lowest BCUT2D eigenvalue weighted by molar-refractivity contribution is 0.392. The highest BCUT2D eigenvalue weighted by Gasteiger charge is 2.19. The van der Waals surface area contributed by atoms with Crippen molar-refractivity contribution in [2.45, 2.75) is 37.8 Å². The number of sulfonamides is 1. The number of hydrogen-bond acceptors (Lipinski definition) is 4. The molecule has 5 nitrogen and oxygen atoms in total. The van der Waals surface area contributed by atoms with Gasteiger partial charge in [-0.1, -0.05) is 12.1 Å². The van der Waals surface area contributed by atoms with Gasteiger partial charge in [-0.25, -0.2) is 13.1 Å². The molecule has 0 fully saturated rings. The van der Waals surface area contributed by atoms with Crippen LogP contribution in [0.5, 0.6) is 0 Å². The van der Waals surface area contributed by atoms with Gasteiger partial charge >= 0.3 is 0 Å². The number of hydrogen-bond donors (Lipinski definition) is 2. The van der Waals surface area contributed by atoms with Crippen LogP contribution >= 0.6 is 0 Å². The third-order valence-corrected chi connectivity index (χ3v) is 4.33. The minimum absolute atomic E-state index is 0.132. The van der Waals surface area contributed by atoms with Gasteiger partial charge in [-0.05, 0) is 47.0 Å². The average molecular weight is 299 g/mol. The Kier molecular flexibility index (Phi) is 5.98. The molecule has 1 rings (SSSR count). The standard InChI is InChI=1S/C14H25N3O2S/c1-11(2)16-20(18,19)14-9-7-6-8-13(14)15-12(3)10-17(4)5/h6-9,11-12,15-16H,10H2,1-5H3. The van der Waals surface area contributed by atoms with Crippen LogP contribution in [0.4, 0.5) is 5.69 Å². The van der Waals surface area contributed by atoms with Gasteiger partial charge in [-0.2, -0.15) is 0 Å². The van der Waals surface area contributed by atoms with Gasteiger partial charge in [0.15, 0.2) is 0 Å². The Bertz CT molecular complexity index is 527. The Balaban J connectivity index is 2.99. The van der Waals surface area contributed by atoms with Gasteiger partial charge in [0.2, 0.25) is 10.0 Å². The van der Waals surface area contributed by atoms with Crippen molar-refractivity contribution < 1.29 is 8.42 Å². The summed E-state index contributed by atoms with van der Waals surface area (Å²) >= 11 is 0. The third kappa shape index (κ3) is 5.11. The van der Waals surface area contributed by atoms with Gasteiger partial charge in [-0.15, -0.1) is 0 Å². The summed E-state index contributed by atoms with van der Waals surface area (Å²) < 4.78 is 27.2. The van der Waals surface area contributed by atoms with Crippen molar-refractivity contribution in [2.24, 2.45) is 0 Å². The lowest BCUT2D eigenvalue weighted by Gasteiger charge is -2.21. The van der Waals surface area contributed by atoms with Crippen LogP contribution in [-0.2, 0) is 10.0 Å². The molecule has 1 unspecified atom stereocenters. The van der Waals surface area contributed by atoms with E-state index in [1.165, 1.54) is 0 Å². The van der Waals surface area contributed by atoms with E-state index < -0.39 is 10.0 Å². The Hall–Kier alpha value is -1.11. The van der Waals surface area contributed by atoms with E-state index in [0.29, 0.717) is 10.6 Å². The number of nitrogens with zero attached hydrogens (tertiary/aromatic N) is 1. The fourth-order valence-corrected chi connectivity index (χ4v) is 3.47. The molecular weight excluding hydrogens is 274 g/mol. The molecule has 1 aromatic carbocycles. The Morgan fingerprint density at radius 1 is 1.15 bits per heavy atom. The second-order valence-electron chi connectivity index (χ2n) is 5.58. The van der Waals surface area contributed by atoms with Crippen molar-refractivity contribution in [3.63, 3.8) is 0 Å². The van der Waals surface area contributed by atoms with Crippen LogP contribution in [0.15, 0.2) is 29.2 Å². The highest BCUT2D eigenvalue weighted by Crippen LogP contribution is 2.21. The maximum absolute atomic E-state index is 12.3. The van der Waals surface area contributed by atoms with E-state index in [1.807, 2.05) is 40.9 Å². The monoisotopic (exact) mass is 299 g/mol. The van der Waals surface area contributed by atoms with Gasteiger partial charge in [0.25, 0.3) is 0 Å². The van der Waals surface area contributed by atoms with Gasteiger partial charge in [0, 0.05) is 18.6 Å². The molecule has 0 radical (unpaired) electrons. The van der Waals surface area contributed by atoms with E-state index in [2.05, 4.69) is 14.9 Å². The molecule has 1 atom stereocenters. The van der Waals surface area contributed by atoms with Gasteiger partial charge in [0.05, 0.1) is 5.69 Å². The molecular formula is C14H25N3O2S. The summed E-state index contributed by atoms with van der Waals surface area (Å²) in [5, 5.41) is 3.26. The lowest BCUT2D eigenvalue weighted by atomic mass is 10.2. The predicted molar refractivity (Wildman–Crippen MR) is 83.5 cm³/mol. The van der Waals surface area contributed by atoms with Crippen molar-refractivity contribution in [1.82, 2.24) is 9.62 Å². The highest BCUT2D eigenvalue weighted by atomic mass is 32.2. The molecule has 0 aromatic heterocycles. The fraction of sp³-hybridized carbons (Fsp3) is 0.571. The van der Waals surface area contributed by atoms with Crippen LogP contribution < -0.4 is 10.0 Å². The quantitative estimate of drug-likeness (QED) is 0.805. The van der Waals surface area contributed by atoms with E-state index in [1.54, 1.807) is 18.2 Å². The molecule has 0 amide bonds. The molecule has 114 valence electrons. The zero-order valence-corrected chi connectivity index (χ0v) is 13.7. The number of para-hydroxylation sites is 1. The summed E-state index contributed by atoms with van der Waals surface area (Å²) in [6, 6.07) is 7.00. The first kappa shape index (κ1) is 16.9. The molecule has 0 spiro atoms. The maximum atomic E-state index is 12.3. The number of likely N-dealkylation sites (N-methyl/N-ethyl adjacent to an activating group) is 1. The zero-order valence-electron chi connectivity index (χ0n) is 12.8. The molecule has 0 saturated carbocycles. The maximum Gasteiger partial charge on any atom is 0.242 e. The summed E-state index contributed by atoms with van der Waals surface area (Å²) in [6.45, 7) is 6.47. The van der Waals surface area contributed by atoms with Crippen LogP contribution in [0, 0.1) is 0 Å². The largest absolute Gasteiger partial charge is 0.380 e. The van der Waals surface area contributed by atoms with E-state index in [4.69, 9.17) is 0 Å². The molecule has 6 heteroatoms. The molecule has 0 heterocycles. The molecule has 0 bridgehead atoms. The van der Waals surface area contributed by atoms with Crippen molar-refractivity contribution in [3.05, 3.63) is 24.3 Å². The summed E-state index contributed by atoms with van der Waals surface area (Å²) in [5.74, 6) is 0. The van der Waals surface area contributed by atoms with Crippen molar-refractivity contribution in [3.8, 4) is 0 Å². The van der Waals surface area contributed by atoms with Crippen molar-refractivity contribution in [2.75, 3.05) is 26.0 Å². The summed E-state index contributed by atoms with van der Waals surface area (Å²) in [6.07, 6.45) is 0. The van der Waals surface area contributed by atoms with E-state index in [9.17, 15) is 8.42 Å². The molecule has 0 saturated heterocycles. The Morgan fingerprint density at radius 3 is 2.30 bits per heavy atom. The normalized spacial score (nSPS) is 13.8. The minimum Gasteiger partial charge on any atom is -0.380 e. The SMILES string of the molecule is CC(C)NS(=O)(=O)c1ccccc1NC(C)CN(C)C. The van der Waals surface area contributed by atoms with Gasteiger partial charge in [0.1, 0.15) is 4.90 Å². The van der Waals surface area contributed by atoms with Crippen molar-refractivity contribution in [1.29, 1.82) is 0 Å². The van der Waals surface area contributed by atoms with E-state index in [0.717, 1.165) is 6.54 Å². The first-order valence-electron chi connectivity index (χ1n) is 6.75. The van der Waals surface area contributed by atoms with Crippen molar-refractivity contribution >= 4 is 15.7 Å². The lowest BCUT2D eigenvalue weighted by Crippen LogP contribution is -2.33. The predicted octanol–water partition coefficient (Wildman–Crippen LogP) is 1.74. The van der Waals surface area contributed by atoms with Crippen LogP contribution in [0.3, 0.4) is 0 Å². The summed E-state index contributed by atoms with van der Waals surface area (Å²) in [5.41, 5.74) is 0.634.